The number of amides is 1. The van der Waals surface area contributed by atoms with E-state index < -0.39 is 6.10 Å². The van der Waals surface area contributed by atoms with E-state index in [1.54, 1.807) is 12.1 Å². The Morgan fingerprint density at radius 1 is 1.17 bits per heavy atom. The maximum Gasteiger partial charge on any atom is 0.224 e. The average Bonchev–Trinajstić information content (AvgIpc) is 3.06. The van der Waals surface area contributed by atoms with E-state index in [1.165, 1.54) is 25.0 Å². The number of aliphatic hydroxyl groups is 1. The minimum Gasteiger partial charge on any atom is -0.389 e. The van der Waals surface area contributed by atoms with Gasteiger partial charge in [0.15, 0.2) is 0 Å². The van der Waals surface area contributed by atoms with Crippen molar-refractivity contribution in [2.75, 3.05) is 13.1 Å². The van der Waals surface area contributed by atoms with E-state index in [-0.39, 0.29) is 30.2 Å². The summed E-state index contributed by atoms with van der Waals surface area (Å²) < 4.78 is 12.9. The Bertz CT molecular complexity index is 528. The molecule has 1 aromatic rings. The quantitative estimate of drug-likeness (QED) is 0.890. The number of hydrogen-bond acceptors (Lipinski definition) is 3. The second kappa shape index (κ2) is 7.41. The summed E-state index contributed by atoms with van der Waals surface area (Å²) in [6.45, 7) is 2.11. The number of nitrogens with one attached hydrogen (secondary N) is 1. The van der Waals surface area contributed by atoms with Crippen LogP contribution in [0.25, 0.3) is 0 Å². The molecule has 5 heteroatoms. The maximum atomic E-state index is 12.9. The lowest BCUT2D eigenvalue weighted by Crippen LogP contribution is -2.56. The van der Waals surface area contributed by atoms with Gasteiger partial charge in [-0.2, -0.15) is 0 Å². The lowest BCUT2D eigenvalue weighted by Gasteiger charge is -2.40. The normalized spacial score (nSPS) is 28.7. The van der Waals surface area contributed by atoms with Crippen molar-refractivity contribution in [2.24, 2.45) is 0 Å². The van der Waals surface area contributed by atoms with Crippen molar-refractivity contribution in [3.8, 4) is 0 Å². The van der Waals surface area contributed by atoms with Crippen molar-refractivity contribution in [3.05, 3.63) is 35.6 Å². The number of benzene rings is 1. The van der Waals surface area contributed by atoms with Crippen molar-refractivity contribution >= 4 is 5.91 Å². The molecule has 1 amide bonds. The van der Waals surface area contributed by atoms with Gasteiger partial charge in [-0.05, 0) is 62.9 Å². The van der Waals surface area contributed by atoms with Gasteiger partial charge >= 0.3 is 0 Å². The third kappa shape index (κ3) is 4.09. The molecule has 1 saturated heterocycles. The second-order valence-corrected chi connectivity index (χ2v) is 6.71. The first kappa shape index (κ1) is 16.4. The fraction of sp³-hybridized carbons (Fsp3) is 0.611. The highest BCUT2D eigenvalue weighted by molar-refractivity contribution is 5.78. The molecule has 2 N–H and O–H groups in total. The molecule has 1 aliphatic carbocycles. The van der Waals surface area contributed by atoms with E-state index in [9.17, 15) is 14.3 Å². The van der Waals surface area contributed by atoms with Crippen LogP contribution in [0.4, 0.5) is 4.39 Å². The third-order valence-corrected chi connectivity index (χ3v) is 5.06. The van der Waals surface area contributed by atoms with Crippen LogP contribution >= 0.6 is 0 Å². The van der Waals surface area contributed by atoms with E-state index >= 15 is 0 Å². The van der Waals surface area contributed by atoms with Gasteiger partial charge in [-0.25, -0.2) is 4.39 Å². The molecule has 0 bridgehead atoms. The molecule has 1 heterocycles. The molecular formula is C18H25FN2O2. The summed E-state index contributed by atoms with van der Waals surface area (Å²) in [6.07, 6.45) is 4.97. The molecule has 1 saturated carbocycles. The smallest absolute Gasteiger partial charge is 0.224 e. The highest BCUT2D eigenvalue weighted by atomic mass is 19.1. The van der Waals surface area contributed by atoms with Crippen LogP contribution in [0.1, 0.15) is 37.7 Å². The largest absolute Gasteiger partial charge is 0.389 e. The van der Waals surface area contributed by atoms with Gasteiger partial charge in [0.25, 0.3) is 0 Å². The van der Waals surface area contributed by atoms with Crippen molar-refractivity contribution in [2.45, 2.75) is 56.7 Å². The summed E-state index contributed by atoms with van der Waals surface area (Å²) in [5.74, 6) is -0.409. The van der Waals surface area contributed by atoms with Gasteiger partial charge in [-0.3, -0.25) is 9.69 Å². The summed E-state index contributed by atoms with van der Waals surface area (Å²) in [6, 6.07) is 5.96. The number of carbonyl (C=O) groups is 1. The molecule has 0 spiro atoms. The minimum atomic E-state index is -0.501. The van der Waals surface area contributed by atoms with Crippen molar-refractivity contribution < 1.29 is 14.3 Å². The second-order valence-electron chi connectivity index (χ2n) is 6.71. The van der Waals surface area contributed by atoms with Crippen LogP contribution in [-0.2, 0) is 11.2 Å². The predicted molar refractivity (Wildman–Crippen MR) is 86.5 cm³/mol. The highest BCUT2D eigenvalue weighted by Crippen LogP contribution is 2.26. The molecule has 4 nitrogen and oxygen atoms in total. The van der Waals surface area contributed by atoms with Gasteiger partial charge in [0.1, 0.15) is 5.82 Å². The molecular weight excluding hydrogens is 295 g/mol. The number of aliphatic hydroxyl groups excluding tert-OH is 1. The summed E-state index contributed by atoms with van der Waals surface area (Å²) in [5, 5.41) is 13.6. The van der Waals surface area contributed by atoms with Crippen LogP contribution in [0.5, 0.6) is 0 Å². The van der Waals surface area contributed by atoms with E-state index in [2.05, 4.69) is 10.2 Å². The van der Waals surface area contributed by atoms with Crippen LogP contribution in [0.15, 0.2) is 24.3 Å². The molecule has 0 radical (unpaired) electrons. The molecule has 2 aliphatic rings. The standard InChI is InChI=1S/C18H25FN2O2/c19-14-8-6-13(7-9-14)12-17(22)20-15-4-3-5-16(18(15)23)21-10-1-2-11-21/h6-9,15-16,18,23H,1-5,10-12H2,(H,20,22)/t15-,16-,18-/m1/s1. The zero-order chi connectivity index (χ0) is 16.2. The Labute approximate surface area is 136 Å². The van der Waals surface area contributed by atoms with Crippen LogP contribution in [0.2, 0.25) is 0 Å². The average molecular weight is 320 g/mol. The Hall–Kier alpha value is -1.46. The van der Waals surface area contributed by atoms with Crippen molar-refractivity contribution in [1.29, 1.82) is 0 Å². The minimum absolute atomic E-state index is 0.109. The number of likely N-dealkylation sites (tertiary alicyclic amines) is 1. The molecule has 0 unspecified atom stereocenters. The van der Waals surface area contributed by atoms with Crippen LogP contribution < -0.4 is 5.32 Å². The molecule has 2 fully saturated rings. The number of carbonyl (C=O) groups excluding carboxylic acids is 1. The number of halogens is 1. The van der Waals surface area contributed by atoms with E-state index in [0.29, 0.717) is 0 Å². The van der Waals surface area contributed by atoms with Gasteiger partial charge in [0.2, 0.25) is 5.91 Å². The fourth-order valence-corrected chi connectivity index (χ4v) is 3.83. The number of hydrogen-bond donors (Lipinski definition) is 2. The molecule has 0 aromatic heterocycles. The first-order chi connectivity index (χ1) is 11.1. The zero-order valence-electron chi connectivity index (χ0n) is 13.4. The Morgan fingerprint density at radius 3 is 2.57 bits per heavy atom. The number of rotatable bonds is 4. The van der Waals surface area contributed by atoms with Gasteiger partial charge in [-0.15, -0.1) is 0 Å². The zero-order valence-corrected chi connectivity index (χ0v) is 13.4. The predicted octanol–water partition coefficient (Wildman–Crippen LogP) is 1.86. The van der Waals surface area contributed by atoms with Gasteiger partial charge in [0, 0.05) is 6.04 Å². The van der Waals surface area contributed by atoms with E-state index in [0.717, 1.165) is 37.9 Å². The Kier molecular flexibility index (Phi) is 5.28. The fourth-order valence-electron chi connectivity index (χ4n) is 3.83. The molecule has 126 valence electrons. The van der Waals surface area contributed by atoms with Gasteiger partial charge < -0.3 is 10.4 Å². The van der Waals surface area contributed by atoms with Crippen LogP contribution in [0.3, 0.4) is 0 Å². The summed E-state index contributed by atoms with van der Waals surface area (Å²) in [7, 11) is 0. The SMILES string of the molecule is O=C(Cc1ccc(F)cc1)N[C@@H]1CCC[C@@H](N2CCCC2)[C@@H]1O. The first-order valence-electron chi connectivity index (χ1n) is 8.59. The monoisotopic (exact) mass is 320 g/mol. The van der Waals surface area contributed by atoms with Crippen LogP contribution in [-0.4, -0.2) is 47.2 Å². The number of nitrogens with zero attached hydrogens (tertiary/aromatic N) is 1. The maximum absolute atomic E-state index is 12.9. The molecule has 1 aliphatic heterocycles. The summed E-state index contributed by atoms with van der Waals surface area (Å²) in [4.78, 5) is 14.6. The van der Waals surface area contributed by atoms with Crippen molar-refractivity contribution in [1.82, 2.24) is 10.2 Å². The molecule has 3 rings (SSSR count). The van der Waals surface area contributed by atoms with Crippen LogP contribution in [0, 0.1) is 5.82 Å². The lowest BCUT2D eigenvalue weighted by molar-refractivity contribution is -0.123. The molecule has 1 aromatic carbocycles. The highest BCUT2D eigenvalue weighted by Gasteiger charge is 2.36. The van der Waals surface area contributed by atoms with Gasteiger partial charge in [0.05, 0.1) is 18.6 Å². The molecule has 3 atom stereocenters. The van der Waals surface area contributed by atoms with Crippen molar-refractivity contribution in [3.63, 3.8) is 0 Å². The topological polar surface area (TPSA) is 52.6 Å². The lowest BCUT2D eigenvalue weighted by atomic mass is 9.87. The molecule has 23 heavy (non-hydrogen) atoms. The first-order valence-corrected chi connectivity index (χ1v) is 8.59. The third-order valence-electron chi connectivity index (χ3n) is 5.06. The summed E-state index contributed by atoms with van der Waals surface area (Å²) in [5.41, 5.74) is 0.783. The Morgan fingerprint density at radius 2 is 1.87 bits per heavy atom. The Balaban J connectivity index is 1.55. The van der Waals surface area contributed by atoms with E-state index in [1.807, 2.05) is 0 Å². The van der Waals surface area contributed by atoms with E-state index in [4.69, 9.17) is 0 Å². The summed E-state index contributed by atoms with van der Waals surface area (Å²) >= 11 is 0. The van der Waals surface area contributed by atoms with Gasteiger partial charge in [-0.1, -0.05) is 12.1 Å².